The van der Waals surface area contributed by atoms with Crippen LogP contribution in [-0.2, 0) is 14.8 Å². The fourth-order valence-electron chi connectivity index (χ4n) is 1.26. The second-order valence-electron chi connectivity index (χ2n) is 3.63. The number of sulfonamides is 1. The molecule has 0 fully saturated rings. The number of pyridine rings is 1. The van der Waals surface area contributed by atoms with Gasteiger partial charge in [-0.25, -0.2) is 13.4 Å². The van der Waals surface area contributed by atoms with E-state index in [0.29, 0.717) is 6.54 Å². The van der Waals surface area contributed by atoms with E-state index in [2.05, 4.69) is 10.3 Å². The Bertz CT molecular complexity index is 512. The molecule has 3 N–H and O–H groups in total. The second kappa shape index (κ2) is 5.78. The quantitative estimate of drug-likeness (QED) is 0.746. The van der Waals surface area contributed by atoms with Gasteiger partial charge in [-0.05, 0) is 19.1 Å². The average molecular weight is 272 g/mol. The van der Waals surface area contributed by atoms with Crippen molar-refractivity contribution >= 4 is 21.7 Å². The molecule has 1 rings (SSSR count). The predicted octanol–water partition coefficient (Wildman–Crippen LogP) is -0.580. The Morgan fingerprint density at radius 3 is 2.67 bits per heavy atom. The Kier molecular flexibility index (Phi) is 4.62. The van der Waals surface area contributed by atoms with Gasteiger partial charge in [0.1, 0.15) is 10.7 Å². The monoisotopic (exact) mass is 272 g/mol. The lowest BCUT2D eigenvalue weighted by Crippen LogP contribution is -2.38. The molecule has 0 radical (unpaired) electrons. The molecule has 1 amide bonds. The minimum absolute atomic E-state index is 0.00324. The smallest absolute Gasteiger partial charge is 0.244 e. The molecule has 0 unspecified atom stereocenters. The number of hydrogen-bond donors (Lipinski definition) is 2. The van der Waals surface area contributed by atoms with Crippen LogP contribution in [0.15, 0.2) is 23.2 Å². The number of anilines is 1. The number of carbonyl (C=O) groups is 1. The standard InChI is InChI=1S/C10H16N4O3S/c1-3-12-10(15)7-14(2)18(16,17)8-4-5-9(11)13-6-8/h4-6H,3,7H2,1-2H3,(H2,11,13)(H,12,15). The Hall–Kier alpha value is -1.67. The number of nitrogens with two attached hydrogens (primary N) is 1. The molecule has 0 aromatic carbocycles. The zero-order valence-electron chi connectivity index (χ0n) is 10.3. The number of nitrogen functional groups attached to an aromatic ring is 1. The van der Waals surface area contributed by atoms with Crippen LogP contribution < -0.4 is 11.1 Å². The summed E-state index contributed by atoms with van der Waals surface area (Å²) in [5.74, 6) is -0.118. The lowest BCUT2D eigenvalue weighted by atomic mass is 10.5. The van der Waals surface area contributed by atoms with Crippen molar-refractivity contribution in [1.29, 1.82) is 0 Å². The predicted molar refractivity (Wildman–Crippen MR) is 67.1 cm³/mol. The number of amides is 1. The molecule has 0 aliphatic heterocycles. The van der Waals surface area contributed by atoms with E-state index in [4.69, 9.17) is 5.73 Å². The van der Waals surface area contributed by atoms with E-state index < -0.39 is 10.0 Å². The number of nitrogens with zero attached hydrogens (tertiary/aromatic N) is 2. The summed E-state index contributed by atoms with van der Waals surface area (Å²) >= 11 is 0. The highest BCUT2D eigenvalue weighted by atomic mass is 32.2. The van der Waals surface area contributed by atoms with E-state index in [-0.39, 0.29) is 23.2 Å². The maximum atomic E-state index is 12.0. The number of hydrogen-bond acceptors (Lipinski definition) is 5. The van der Waals surface area contributed by atoms with E-state index in [1.165, 1.54) is 25.4 Å². The lowest BCUT2D eigenvalue weighted by Gasteiger charge is -2.16. The molecule has 100 valence electrons. The van der Waals surface area contributed by atoms with Crippen molar-refractivity contribution in [3.63, 3.8) is 0 Å². The summed E-state index contributed by atoms with van der Waals surface area (Å²) in [5, 5.41) is 2.53. The highest BCUT2D eigenvalue weighted by Crippen LogP contribution is 2.13. The van der Waals surface area contributed by atoms with Crippen LogP contribution in [0.25, 0.3) is 0 Å². The highest BCUT2D eigenvalue weighted by molar-refractivity contribution is 7.89. The topological polar surface area (TPSA) is 105 Å². The Labute approximate surface area is 106 Å². The van der Waals surface area contributed by atoms with Gasteiger partial charge in [0.2, 0.25) is 15.9 Å². The van der Waals surface area contributed by atoms with Crippen molar-refractivity contribution in [2.45, 2.75) is 11.8 Å². The number of likely N-dealkylation sites (N-methyl/N-ethyl adjacent to an activating group) is 2. The molecule has 0 spiro atoms. The molecule has 0 aliphatic rings. The number of nitrogens with one attached hydrogen (secondary N) is 1. The zero-order valence-corrected chi connectivity index (χ0v) is 11.1. The summed E-state index contributed by atoms with van der Waals surface area (Å²) in [6, 6.07) is 2.75. The van der Waals surface area contributed by atoms with Crippen molar-refractivity contribution in [1.82, 2.24) is 14.6 Å². The largest absolute Gasteiger partial charge is 0.384 e. The summed E-state index contributed by atoms with van der Waals surface area (Å²) in [6.45, 7) is 1.98. The highest BCUT2D eigenvalue weighted by Gasteiger charge is 2.22. The van der Waals surface area contributed by atoms with Gasteiger partial charge >= 0.3 is 0 Å². The number of carbonyl (C=O) groups excluding carboxylic acids is 1. The summed E-state index contributed by atoms with van der Waals surface area (Å²) in [6.07, 6.45) is 1.17. The van der Waals surface area contributed by atoms with Crippen LogP contribution in [-0.4, -0.2) is 43.8 Å². The van der Waals surface area contributed by atoms with Gasteiger partial charge in [-0.3, -0.25) is 4.79 Å². The number of aromatic nitrogens is 1. The van der Waals surface area contributed by atoms with Crippen LogP contribution >= 0.6 is 0 Å². The van der Waals surface area contributed by atoms with Crippen LogP contribution in [0.5, 0.6) is 0 Å². The molecule has 8 heteroatoms. The number of rotatable bonds is 5. The summed E-state index contributed by atoms with van der Waals surface area (Å²) in [7, 11) is -2.38. The van der Waals surface area contributed by atoms with Crippen LogP contribution in [0.3, 0.4) is 0 Å². The molecule has 0 aliphatic carbocycles. The van der Waals surface area contributed by atoms with Gasteiger partial charge in [-0.2, -0.15) is 4.31 Å². The third kappa shape index (κ3) is 3.41. The minimum atomic E-state index is -3.71. The Balaban J connectivity index is 2.86. The van der Waals surface area contributed by atoms with Crippen molar-refractivity contribution in [3.05, 3.63) is 18.3 Å². The van der Waals surface area contributed by atoms with Crippen molar-refractivity contribution in [3.8, 4) is 0 Å². The third-order valence-electron chi connectivity index (χ3n) is 2.21. The maximum Gasteiger partial charge on any atom is 0.244 e. The fourth-order valence-corrected chi connectivity index (χ4v) is 2.34. The van der Waals surface area contributed by atoms with E-state index in [1.807, 2.05) is 0 Å². The summed E-state index contributed by atoms with van der Waals surface area (Å²) in [4.78, 5) is 15.1. The van der Waals surface area contributed by atoms with Gasteiger partial charge in [0.15, 0.2) is 0 Å². The molecule has 1 aromatic heterocycles. The van der Waals surface area contributed by atoms with Crippen molar-refractivity contribution < 1.29 is 13.2 Å². The molecule has 1 heterocycles. The molecular formula is C10H16N4O3S. The molecule has 0 bridgehead atoms. The van der Waals surface area contributed by atoms with Crippen molar-refractivity contribution in [2.24, 2.45) is 0 Å². The van der Waals surface area contributed by atoms with Gasteiger partial charge in [-0.1, -0.05) is 0 Å². The Morgan fingerprint density at radius 1 is 1.50 bits per heavy atom. The first-order chi connectivity index (χ1) is 8.37. The first-order valence-corrected chi connectivity index (χ1v) is 6.76. The lowest BCUT2D eigenvalue weighted by molar-refractivity contribution is -0.121. The normalized spacial score (nSPS) is 11.5. The van der Waals surface area contributed by atoms with E-state index in [0.717, 1.165) is 4.31 Å². The molecule has 0 saturated heterocycles. The summed E-state index contributed by atoms with van der Waals surface area (Å²) in [5.41, 5.74) is 5.38. The van der Waals surface area contributed by atoms with E-state index >= 15 is 0 Å². The van der Waals surface area contributed by atoms with Crippen LogP contribution in [0.4, 0.5) is 5.82 Å². The SMILES string of the molecule is CCNC(=O)CN(C)S(=O)(=O)c1ccc(N)nc1. The van der Waals surface area contributed by atoms with E-state index in [9.17, 15) is 13.2 Å². The van der Waals surface area contributed by atoms with Crippen molar-refractivity contribution in [2.75, 3.05) is 25.9 Å². The van der Waals surface area contributed by atoms with Crippen LogP contribution in [0.1, 0.15) is 6.92 Å². The molecule has 0 atom stereocenters. The van der Waals surface area contributed by atoms with Gasteiger partial charge in [0.25, 0.3) is 0 Å². The fraction of sp³-hybridized carbons (Fsp3) is 0.400. The molecule has 1 aromatic rings. The Morgan fingerprint density at radius 2 is 2.17 bits per heavy atom. The van der Waals surface area contributed by atoms with Gasteiger partial charge < -0.3 is 11.1 Å². The van der Waals surface area contributed by atoms with Gasteiger partial charge in [-0.15, -0.1) is 0 Å². The van der Waals surface area contributed by atoms with Gasteiger partial charge in [0, 0.05) is 19.8 Å². The summed E-state index contributed by atoms with van der Waals surface area (Å²) < 4.78 is 25.1. The molecular weight excluding hydrogens is 256 g/mol. The average Bonchev–Trinajstić information content (AvgIpc) is 2.29. The third-order valence-corrected chi connectivity index (χ3v) is 3.99. The zero-order chi connectivity index (χ0) is 13.8. The van der Waals surface area contributed by atoms with Gasteiger partial charge in [0.05, 0.1) is 6.54 Å². The first kappa shape index (κ1) is 14.4. The maximum absolute atomic E-state index is 12.0. The van der Waals surface area contributed by atoms with E-state index in [1.54, 1.807) is 6.92 Å². The minimum Gasteiger partial charge on any atom is -0.384 e. The van der Waals surface area contributed by atoms with Crippen LogP contribution in [0.2, 0.25) is 0 Å². The first-order valence-electron chi connectivity index (χ1n) is 5.32. The molecule has 0 saturated carbocycles. The molecule has 18 heavy (non-hydrogen) atoms. The molecule has 7 nitrogen and oxygen atoms in total. The second-order valence-corrected chi connectivity index (χ2v) is 5.68. The van der Waals surface area contributed by atoms with Crippen LogP contribution in [0, 0.1) is 0 Å².